The van der Waals surface area contributed by atoms with Gasteiger partial charge in [0.25, 0.3) is 0 Å². The monoisotopic (exact) mass is 267 g/mol. The first-order valence-corrected chi connectivity index (χ1v) is 7.94. The van der Waals surface area contributed by atoms with Crippen LogP contribution in [0, 0.1) is 5.41 Å². The van der Waals surface area contributed by atoms with Gasteiger partial charge in [-0.15, -0.1) is 0 Å². The van der Waals surface area contributed by atoms with E-state index in [0.717, 1.165) is 0 Å². The van der Waals surface area contributed by atoms with Gasteiger partial charge in [0.05, 0.1) is 0 Å². The molecule has 0 spiro atoms. The van der Waals surface area contributed by atoms with Crippen LogP contribution in [0.2, 0.25) is 0 Å². The maximum Gasteiger partial charge on any atom is 0.0253 e. The topological polar surface area (TPSA) is 32.5 Å². The lowest BCUT2D eigenvalue weighted by Crippen LogP contribution is -2.60. The molecule has 1 aliphatic heterocycles. The molecule has 2 rings (SSSR count). The average Bonchev–Trinajstić information content (AvgIpc) is 2.31. The van der Waals surface area contributed by atoms with E-state index in [-0.39, 0.29) is 0 Å². The molecule has 0 aromatic rings. The van der Waals surface area contributed by atoms with Gasteiger partial charge in [-0.1, -0.05) is 13.8 Å². The van der Waals surface area contributed by atoms with Crippen LogP contribution in [0.4, 0.5) is 0 Å². The van der Waals surface area contributed by atoms with Gasteiger partial charge in [0.1, 0.15) is 0 Å². The summed E-state index contributed by atoms with van der Waals surface area (Å²) in [5, 5.41) is 0. The second-order valence-corrected chi connectivity index (χ2v) is 8.33. The zero-order valence-corrected chi connectivity index (χ0v) is 13.6. The van der Waals surface area contributed by atoms with Crippen LogP contribution in [-0.2, 0) is 0 Å². The lowest BCUT2D eigenvalue weighted by atomic mass is 9.72. The smallest absolute Gasteiger partial charge is 0.0253 e. The van der Waals surface area contributed by atoms with Crippen LogP contribution in [0.15, 0.2) is 0 Å². The summed E-state index contributed by atoms with van der Waals surface area (Å²) >= 11 is 0. The van der Waals surface area contributed by atoms with Gasteiger partial charge in [-0.25, -0.2) is 0 Å². The highest BCUT2D eigenvalue weighted by molar-refractivity contribution is 4.95. The SMILES string of the molecule is CC1(C)CCC(N)C(N2CCN(C(C)(C)C)CC2)C1. The van der Waals surface area contributed by atoms with Crippen molar-refractivity contribution in [2.75, 3.05) is 26.2 Å². The highest BCUT2D eigenvalue weighted by atomic mass is 15.3. The van der Waals surface area contributed by atoms with E-state index in [1.165, 1.54) is 45.4 Å². The van der Waals surface area contributed by atoms with E-state index >= 15 is 0 Å². The van der Waals surface area contributed by atoms with Crippen LogP contribution < -0.4 is 5.73 Å². The Hall–Kier alpha value is -0.120. The van der Waals surface area contributed by atoms with E-state index in [9.17, 15) is 0 Å². The first-order valence-electron chi connectivity index (χ1n) is 7.94. The number of hydrogen-bond acceptors (Lipinski definition) is 3. The van der Waals surface area contributed by atoms with Gasteiger partial charge >= 0.3 is 0 Å². The standard InChI is InChI=1S/C16H33N3/c1-15(2,3)19-10-8-18(9-11-19)14-12-16(4,5)7-6-13(14)17/h13-14H,6-12,17H2,1-5H3. The molecule has 3 nitrogen and oxygen atoms in total. The predicted octanol–water partition coefficient (Wildman–Crippen LogP) is 2.31. The Labute approximate surface area is 119 Å². The van der Waals surface area contributed by atoms with E-state index in [1.807, 2.05) is 0 Å². The molecule has 2 N–H and O–H groups in total. The van der Waals surface area contributed by atoms with Gasteiger partial charge in [-0.2, -0.15) is 0 Å². The molecule has 1 aliphatic carbocycles. The summed E-state index contributed by atoms with van der Waals surface area (Å²) in [7, 11) is 0. The quantitative estimate of drug-likeness (QED) is 0.791. The molecule has 1 saturated carbocycles. The lowest BCUT2D eigenvalue weighted by Gasteiger charge is -2.49. The van der Waals surface area contributed by atoms with Gasteiger partial charge in [-0.3, -0.25) is 9.80 Å². The van der Waals surface area contributed by atoms with Crippen LogP contribution in [0.3, 0.4) is 0 Å². The number of nitrogens with zero attached hydrogens (tertiary/aromatic N) is 2. The molecule has 1 saturated heterocycles. The van der Waals surface area contributed by atoms with E-state index in [4.69, 9.17) is 5.73 Å². The Morgan fingerprint density at radius 1 is 1.05 bits per heavy atom. The van der Waals surface area contributed by atoms with Gasteiger partial charge in [-0.05, 0) is 45.4 Å². The van der Waals surface area contributed by atoms with E-state index in [2.05, 4.69) is 44.4 Å². The summed E-state index contributed by atoms with van der Waals surface area (Å²) in [6.45, 7) is 16.5. The maximum atomic E-state index is 6.40. The fraction of sp³-hybridized carbons (Fsp3) is 1.00. The third-order valence-electron chi connectivity index (χ3n) is 5.14. The van der Waals surface area contributed by atoms with Crippen molar-refractivity contribution in [1.82, 2.24) is 9.80 Å². The summed E-state index contributed by atoms with van der Waals surface area (Å²) < 4.78 is 0. The second-order valence-electron chi connectivity index (χ2n) is 8.33. The fourth-order valence-electron chi connectivity index (χ4n) is 3.69. The molecule has 0 aromatic heterocycles. The first kappa shape index (κ1) is 15.3. The van der Waals surface area contributed by atoms with E-state index in [1.54, 1.807) is 0 Å². The summed E-state index contributed by atoms with van der Waals surface area (Å²) in [4.78, 5) is 5.26. The Bertz CT molecular complexity index is 298. The van der Waals surface area contributed by atoms with Gasteiger partial charge < -0.3 is 5.73 Å². The van der Waals surface area contributed by atoms with Crippen molar-refractivity contribution in [2.24, 2.45) is 11.1 Å². The predicted molar refractivity (Wildman–Crippen MR) is 82.3 cm³/mol. The molecule has 2 fully saturated rings. The highest BCUT2D eigenvalue weighted by Gasteiger charge is 2.38. The van der Waals surface area contributed by atoms with E-state index < -0.39 is 0 Å². The van der Waals surface area contributed by atoms with E-state index in [0.29, 0.717) is 23.0 Å². The number of rotatable bonds is 1. The Morgan fingerprint density at radius 2 is 1.63 bits per heavy atom. The normalized spacial score (nSPS) is 34.4. The second kappa shape index (κ2) is 5.34. The van der Waals surface area contributed by atoms with Gasteiger partial charge in [0.15, 0.2) is 0 Å². The highest BCUT2D eigenvalue weighted by Crippen LogP contribution is 2.37. The van der Waals surface area contributed by atoms with Crippen molar-refractivity contribution in [3.05, 3.63) is 0 Å². The summed E-state index contributed by atoms with van der Waals surface area (Å²) in [5.41, 5.74) is 7.18. The summed E-state index contributed by atoms with van der Waals surface area (Å²) in [5.74, 6) is 0. The molecule has 3 heteroatoms. The van der Waals surface area contributed by atoms with Crippen LogP contribution in [0.5, 0.6) is 0 Å². The number of hydrogen-bond donors (Lipinski definition) is 1. The fourth-order valence-corrected chi connectivity index (χ4v) is 3.69. The van der Waals surface area contributed by atoms with Crippen LogP contribution in [-0.4, -0.2) is 53.6 Å². The summed E-state index contributed by atoms with van der Waals surface area (Å²) in [6.07, 6.45) is 3.74. The van der Waals surface area contributed by atoms with Crippen molar-refractivity contribution in [3.8, 4) is 0 Å². The van der Waals surface area contributed by atoms with Crippen LogP contribution in [0.1, 0.15) is 53.9 Å². The molecular formula is C16H33N3. The van der Waals surface area contributed by atoms with Crippen molar-refractivity contribution in [2.45, 2.75) is 71.5 Å². The molecule has 2 atom stereocenters. The Balaban J connectivity index is 1.93. The third kappa shape index (κ3) is 3.71. The zero-order valence-electron chi connectivity index (χ0n) is 13.6. The van der Waals surface area contributed by atoms with Gasteiger partial charge in [0.2, 0.25) is 0 Å². The number of piperazine rings is 1. The number of nitrogens with two attached hydrogens (primary N) is 1. The van der Waals surface area contributed by atoms with Crippen molar-refractivity contribution >= 4 is 0 Å². The molecule has 112 valence electrons. The van der Waals surface area contributed by atoms with Crippen molar-refractivity contribution in [1.29, 1.82) is 0 Å². The Morgan fingerprint density at radius 3 is 2.16 bits per heavy atom. The summed E-state index contributed by atoms with van der Waals surface area (Å²) in [6, 6.07) is 0.986. The zero-order chi connectivity index (χ0) is 14.3. The lowest BCUT2D eigenvalue weighted by molar-refractivity contribution is 0.00974. The molecule has 0 aromatic carbocycles. The van der Waals surface area contributed by atoms with Crippen molar-refractivity contribution in [3.63, 3.8) is 0 Å². The molecule has 2 aliphatic rings. The largest absolute Gasteiger partial charge is 0.326 e. The molecule has 1 heterocycles. The van der Waals surface area contributed by atoms with Crippen molar-refractivity contribution < 1.29 is 0 Å². The molecule has 0 radical (unpaired) electrons. The molecular weight excluding hydrogens is 234 g/mol. The maximum absolute atomic E-state index is 6.40. The molecule has 2 unspecified atom stereocenters. The minimum atomic E-state index is 0.306. The average molecular weight is 267 g/mol. The minimum Gasteiger partial charge on any atom is -0.326 e. The van der Waals surface area contributed by atoms with Gasteiger partial charge in [0, 0.05) is 43.8 Å². The minimum absolute atomic E-state index is 0.306. The molecule has 0 amide bonds. The molecule has 19 heavy (non-hydrogen) atoms. The van der Waals surface area contributed by atoms with Crippen LogP contribution in [0.25, 0.3) is 0 Å². The molecule has 0 bridgehead atoms. The third-order valence-corrected chi connectivity index (χ3v) is 5.14. The first-order chi connectivity index (χ1) is 8.69. The van der Waals surface area contributed by atoms with Crippen LogP contribution >= 0.6 is 0 Å². The Kier molecular flexibility index (Phi) is 4.29.